The molecule has 2 heterocycles. The van der Waals surface area contributed by atoms with E-state index < -0.39 is 18.0 Å². The van der Waals surface area contributed by atoms with Crippen LogP contribution in [0.5, 0.6) is 0 Å². The van der Waals surface area contributed by atoms with Crippen molar-refractivity contribution in [3.8, 4) is 0 Å². The van der Waals surface area contributed by atoms with Gasteiger partial charge in [-0.2, -0.15) is 0 Å². The summed E-state index contributed by atoms with van der Waals surface area (Å²) in [6.45, 7) is 3.47. The Labute approximate surface area is 118 Å². The maximum absolute atomic E-state index is 11.9. The summed E-state index contributed by atoms with van der Waals surface area (Å²) in [7, 11) is 0. The summed E-state index contributed by atoms with van der Waals surface area (Å²) in [6.07, 6.45) is 1.32. The molecule has 2 aromatic rings. The van der Waals surface area contributed by atoms with Crippen molar-refractivity contribution in [2.45, 2.75) is 19.9 Å². The van der Waals surface area contributed by atoms with Crippen molar-refractivity contribution in [1.82, 2.24) is 9.97 Å². The van der Waals surface area contributed by atoms with Crippen LogP contribution in [-0.4, -0.2) is 39.7 Å². The second-order valence-electron chi connectivity index (χ2n) is 3.98. The van der Waals surface area contributed by atoms with E-state index in [0.717, 1.165) is 0 Å². The normalized spacial score (nSPS) is 12.1. The van der Waals surface area contributed by atoms with Gasteiger partial charge in [0.1, 0.15) is 23.0 Å². The molecule has 0 bridgehead atoms. The number of carboxylic acids is 1. The SMILES string of the molecule is CCOC(=O)c1csc2ncnc(NC(C)C(=O)O)c12. The quantitative estimate of drug-likeness (QED) is 0.810. The molecule has 2 N–H and O–H groups in total. The molecule has 0 radical (unpaired) electrons. The molecule has 0 fully saturated rings. The van der Waals surface area contributed by atoms with Gasteiger partial charge < -0.3 is 15.2 Å². The van der Waals surface area contributed by atoms with E-state index in [1.165, 1.54) is 24.6 Å². The van der Waals surface area contributed by atoms with Crippen LogP contribution in [-0.2, 0) is 9.53 Å². The Hall–Kier alpha value is -2.22. The molecule has 0 aromatic carbocycles. The topological polar surface area (TPSA) is 101 Å². The molecular weight excluding hydrogens is 282 g/mol. The Balaban J connectivity index is 2.46. The minimum Gasteiger partial charge on any atom is -0.480 e. The van der Waals surface area contributed by atoms with Gasteiger partial charge in [0.25, 0.3) is 0 Å². The fraction of sp³-hybridized carbons (Fsp3) is 0.333. The van der Waals surface area contributed by atoms with Gasteiger partial charge in [-0.05, 0) is 13.8 Å². The first-order valence-corrected chi connectivity index (χ1v) is 6.81. The van der Waals surface area contributed by atoms with Gasteiger partial charge in [0.05, 0.1) is 17.6 Å². The number of nitrogens with zero attached hydrogens (tertiary/aromatic N) is 2. The Bertz CT molecular complexity index is 655. The number of carbonyl (C=O) groups is 2. The third kappa shape index (κ3) is 2.69. The van der Waals surface area contributed by atoms with Gasteiger partial charge in [0.2, 0.25) is 0 Å². The molecule has 1 atom stereocenters. The van der Waals surface area contributed by atoms with Gasteiger partial charge in [-0.25, -0.2) is 14.8 Å². The van der Waals surface area contributed by atoms with Gasteiger partial charge in [-0.3, -0.25) is 4.79 Å². The van der Waals surface area contributed by atoms with Crippen molar-refractivity contribution < 1.29 is 19.4 Å². The number of thiophene rings is 1. The fourth-order valence-electron chi connectivity index (χ4n) is 1.61. The Morgan fingerprint density at radius 2 is 2.25 bits per heavy atom. The highest BCUT2D eigenvalue weighted by molar-refractivity contribution is 7.17. The van der Waals surface area contributed by atoms with Crippen molar-refractivity contribution in [1.29, 1.82) is 0 Å². The zero-order valence-electron chi connectivity index (χ0n) is 10.9. The number of aromatic nitrogens is 2. The Morgan fingerprint density at radius 1 is 1.50 bits per heavy atom. The molecule has 0 aliphatic rings. The summed E-state index contributed by atoms with van der Waals surface area (Å²) in [4.78, 5) is 31.5. The predicted molar refractivity (Wildman–Crippen MR) is 74.1 cm³/mol. The molecule has 0 saturated heterocycles. The number of esters is 1. The number of aliphatic carboxylic acids is 1. The van der Waals surface area contributed by atoms with E-state index in [9.17, 15) is 9.59 Å². The number of anilines is 1. The highest BCUT2D eigenvalue weighted by atomic mass is 32.1. The summed E-state index contributed by atoms with van der Waals surface area (Å²) in [5.41, 5.74) is 0.340. The highest BCUT2D eigenvalue weighted by Crippen LogP contribution is 2.30. The number of nitrogens with one attached hydrogen (secondary N) is 1. The summed E-state index contributed by atoms with van der Waals surface area (Å²) in [6, 6.07) is -0.831. The van der Waals surface area contributed by atoms with E-state index in [0.29, 0.717) is 21.6 Å². The average Bonchev–Trinajstić information content (AvgIpc) is 2.83. The first-order chi connectivity index (χ1) is 9.54. The van der Waals surface area contributed by atoms with Crippen molar-refractivity contribution >= 4 is 39.3 Å². The number of fused-ring (bicyclic) bond motifs is 1. The first kappa shape index (κ1) is 14.2. The molecule has 106 valence electrons. The number of hydrogen-bond donors (Lipinski definition) is 2. The minimum atomic E-state index is -1.01. The molecular formula is C12H13N3O4S. The monoisotopic (exact) mass is 295 g/mol. The standard InChI is InChI=1S/C12H13N3O4S/c1-3-19-12(18)7-4-20-10-8(7)9(13-5-14-10)15-6(2)11(16)17/h4-6H,3H2,1-2H3,(H,16,17)(H,13,14,15). The van der Waals surface area contributed by atoms with Crippen LogP contribution in [0.15, 0.2) is 11.7 Å². The lowest BCUT2D eigenvalue weighted by molar-refractivity contribution is -0.137. The number of ether oxygens (including phenoxy) is 1. The van der Waals surface area contributed by atoms with Gasteiger partial charge in [-0.15, -0.1) is 11.3 Å². The molecule has 0 aliphatic carbocycles. The number of hydrogen-bond acceptors (Lipinski definition) is 7. The van der Waals surface area contributed by atoms with Crippen LogP contribution < -0.4 is 5.32 Å². The maximum atomic E-state index is 11.9. The van der Waals surface area contributed by atoms with E-state index in [2.05, 4.69) is 15.3 Å². The van der Waals surface area contributed by atoms with Crippen LogP contribution in [0.1, 0.15) is 24.2 Å². The van der Waals surface area contributed by atoms with E-state index in [1.807, 2.05) is 0 Å². The van der Waals surface area contributed by atoms with Crippen LogP contribution in [0.2, 0.25) is 0 Å². The number of carboxylic acid groups (broad SMARTS) is 1. The molecule has 2 rings (SSSR count). The third-order valence-electron chi connectivity index (χ3n) is 2.59. The van der Waals surface area contributed by atoms with Gasteiger partial charge >= 0.3 is 11.9 Å². The van der Waals surface area contributed by atoms with Crippen LogP contribution in [0.3, 0.4) is 0 Å². The van der Waals surface area contributed by atoms with Crippen molar-refractivity contribution in [3.05, 3.63) is 17.3 Å². The van der Waals surface area contributed by atoms with Crippen LogP contribution >= 0.6 is 11.3 Å². The molecule has 8 heteroatoms. The van der Waals surface area contributed by atoms with E-state index in [1.54, 1.807) is 12.3 Å². The third-order valence-corrected chi connectivity index (χ3v) is 3.48. The molecule has 7 nitrogen and oxygen atoms in total. The molecule has 0 spiro atoms. The Morgan fingerprint density at radius 3 is 2.90 bits per heavy atom. The van der Waals surface area contributed by atoms with Gasteiger partial charge in [-0.1, -0.05) is 0 Å². The van der Waals surface area contributed by atoms with Crippen molar-refractivity contribution in [2.24, 2.45) is 0 Å². The highest BCUT2D eigenvalue weighted by Gasteiger charge is 2.20. The Kier molecular flexibility index (Phi) is 4.14. The van der Waals surface area contributed by atoms with E-state index >= 15 is 0 Å². The molecule has 0 aliphatic heterocycles. The lowest BCUT2D eigenvalue weighted by Gasteiger charge is -2.11. The summed E-state index contributed by atoms with van der Waals surface area (Å²) in [5.74, 6) is -1.17. The van der Waals surface area contributed by atoms with Crippen LogP contribution in [0.25, 0.3) is 10.2 Å². The molecule has 2 aromatic heterocycles. The van der Waals surface area contributed by atoms with E-state index in [4.69, 9.17) is 9.84 Å². The molecule has 20 heavy (non-hydrogen) atoms. The van der Waals surface area contributed by atoms with Crippen LogP contribution in [0, 0.1) is 0 Å². The average molecular weight is 295 g/mol. The number of rotatable bonds is 5. The second kappa shape index (κ2) is 5.83. The van der Waals surface area contributed by atoms with E-state index in [-0.39, 0.29) is 6.61 Å². The zero-order valence-corrected chi connectivity index (χ0v) is 11.7. The summed E-state index contributed by atoms with van der Waals surface area (Å²) >= 11 is 1.28. The lowest BCUT2D eigenvalue weighted by Crippen LogP contribution is -2.26. The molecule has 0 saturated carbocycles. The lowest BCUT2D eigenvalue weighted by atomic mass is 10.2. The molecule has 1 unspecified atom stereocenters. The van der Waals surface area contributed by atoms with Crippen molar-refractivity contribution in [3.63, 3.8) is 0 Å². The predicted octanol–water partition coefficient (Wildman–Crippen LogP) is 1.75. The second-order valence-corrected chi connectivity index (χ2v) is 4.83. The minimum absolute atomic E-state index is 0.262. The van der Waals surface area contributed by atoms with Gasteiger partial charge in [0, 0.05) is 5.38 Å². The van der Waals surface area contributed by atoms with Crippen LogP contribution in [0.4, 0.5) is 5.82 Å². The molecule has 0 amide bonds. The fourth-order valence-corrected chi connectivity index (χ4v) is 2.49. The smallest absolute Gasteiger partial charge is 0.339 e. The largest absolute Gasteiger partial charge is 0.480 e. The first-order valence-electron chi connectivity index (χ1n) is 5.93. The van der Waals surface area contributed by atoms with Crippen molar-refractivity contribution in [2.75, 3.05) is 11.9 Å². The summed E-state index contributed by atoms with van der Waals surface area (Å²) in [5, 5.41) is 13.8. The number of carbonyl (C=O) groups excluding carboxylic acids is 1. The maximum Gasteiger partial charge on any atom is 0.339 e. The summed E-state index contributed by atoms with van der Waals surface area (Å²) < 4.78 is 4.97. The van der Waals surface area contributed by atoms with Gasteiger partial charge in [0.15, 0.2) is 0 Å². The zero-order chi connectivity index (χ0) is 14.7.